The Morgan fingerprint density at radius 2 is 1.75 bits per heavy atom. The van der Waals surface area contributed by atoms with Crippen molar-refractivity contribution in [3.63, 3.8) is 0 Å². The van der Waals surface area contributed by atoms with Gasteiger partial charge in [-0.05, 0) is 41.2 Å². The molecule has 2 aromatic carbocycles. The van der Waals surface area contributed by atoms with Gasteiger partial charge in [-0.15, -0.1) is 0 Å². The zero-order valence-electron chi connectivity index (χ0n) is 12.0. The lowest BCUT2D eigenvalue weighted by atomic mass is 9.87. The first-order chi connectivity index (χ1) is 9.69. The van der Waals surface area contributed by atoms with Gasteiger partial charge in [0.15, 0.2) is 0 Å². The maximum atomic E-state index is 11.5. The van der Waals surface area contributed by atoms with Gasteiger partial charge < -0.3 is 5.11 Å². The number of benzene rings is 2. The first kappa shape index (κ1) is 14.3. The third-order valence-electron chi connectivity index (χ3n) is 3.57. The molecule has 2 rings (SSSR count). The lowest BCUT2D eigenvalue weighted by molar-refractivity contribution is 0.0695. The Balaban J connectivity index is 2.73. The minimum atomic E-state index is -0.840. The molecular formula is C18H20O2. The van der Waals surface area contributed by atoms with E-state index in [0.717, 1.165) is 36.0 Å². The Hall–Kier alpha value is -2.09. The third kappa shape index (κ3) is 2.74. The number of aryl methyl sites for hydroxylation is 1. The van der Waals surface area contributed by atoms with Crippen LogP contribution in [0.3, 0.4) is 0 Å². The summed E-state index contributed by atoms with van der Waals surface area (Å²) in [6, 6.07) is 13.8. The summed E-state index contributed by atoms with van der Waals surface area (Å²) >= 11 is 0. The molecule has 2 heteroatoms. The summed E-state index contributed by atoms with van der Waals surface area (Å²) in [7, 11) is 0. The zero-order valence-corrected chi connectivity index (χ0v) is 12.0. The van der Waals surface area contributed by atoms with Crippen LogP contribution in [0.25, 0.3) is 11.1 Å². The van der Waals surface area contributed by atoms with E-state index in [4.69, 9.17) is 0 Å². The van der Waals surface area contributed by atoms with E-state index in [1.54, 1.807) is 6.07 Å². The van der Waals surface area contributed by atoms with Crippen molar-refractivity contribution in [1.29, 1.82) is 0 Å². The van der Waals surface area contributed by atoms with Crippen LogP contribution in [0.2, 0.25) is 0 Å². The maximum absolute atomic E-state index is 11.5. The second kappa shape index (κ2) is 6.38. The molecule has 2 nitrogen and oxygen atoms in total. The number of aromatic carboxylic acids is 1. The van der Waals surface area contributed by atoms with E-state index in [1.165, 1.54) is 5.56 Å². The molecule has 0 unspecified atom stereocenters. The SMILES string of the molecule is CCCc1c(C(=O)O)ccc(CC)c1-c1ccccc1. The van der Waals surface area contributed by atoms with Gasteiger partial charge in [-0.1, -0.05) is 56.7 Å². The molecule has 0 aliphatic carbocycles. The lowest BCUT2D eigenvalue weighted by Crippen LogP contribution is -2.06. The van der Waals surface area contributed by atoms with Gasteiger partial charge in [0.25, 0.3) is 0 Å². The van der Waals surface area contributed by atoms with Crippen LogP contribution >= 0.6 is 0 Å². The minimum Gasteiger partial charge on any atom is -0.478 e. The number of carboxylic acids is 1. The molecule has 2 aromatic rings. The van der Waals surface area contributed by atoms with Crippen molar-refractivity contribution in [2.75, 3.05) is 0 Å². The van der Waals surface area contributed by atoms with E-state index in [-0.39, 0.29) is 0 Å². The van der Waals surface area contributed by atoms with Crippen molar-refractivity contribution < 1.29 is 9.90 Å². The van der Waals surface area contributed by atoms with E-state index in [0.29, 0.717) is 5.56 Å². The van der Waals surface area contributed by atoms with Gasteiger partial charge in [-0.2, -0.15) is 0 Å². The van der Waals surface area contributed by atoms with Gasteiger partial charge in [-0.25, -0.2) is 4.79 Å². The Bertz CT molecular complexity index is 600. The number of hydrogen-bond donors (Lipinski definition) is 1. The third-order valence-corrected chi connectivity index (χ3v) is 3.57. The Morgan fingerprint density at radius 3 is 2.30 bits per heavy atom. The van der Waals surface area contributed by atoms with E-state index >= 15 is 0 Å². The van der Waals surface area contributed by atoms with Crippen molar-refractivity contribution in [2.45, 2.75) is 33.1 Å². The van der Waals surface area contributed by atoms with Crippen LogP contribution in [0.4, 0.5) is 0 Å². The largest absolute Gasteiger partial charge is 0.478 e. The highest BCUT2D eigenvalue weighted by molar-refractivity contribution is 5.93. The molecule has 0 aliphatic heterocycles. The summed E-state index contributed by atoms with van der Waals surface area (Å²) in [5.74, 6) is -0.840. The van der Waals surface area contributed by atoms with Gasteiger partial charge in [0.1, 0.15) is 0 Å². The summed E-state index contributed by atoms with van der Waals surface area (Å²) in [4.78, 5) is 11.5. The van der Waals surface area contributed by atoms with E-state index in [1.807, 2.05) is 24.3 Å². The smallest absolute Gasteiger partial charge is 0.335 e. The van der Waals surface area contributed by atoms with Crippen LogP contribution in [0.15, 0.2) is 42.5 Å². The first-order valence-electron chi connectivity index (χ1n) is 7.12. The normalized spacial score (nSPS) is 10.5. The quantitative estimate of drug-likeness (QED) is 0.862. The summed E-state index contributed by atoms with van der Waals surface area (Å²) in [6.07, 6.45) is 2.63. The molecule has 0 bridgehead atoms. The van der Waals surface area contributed by atoms with Crippen molar-refractivity contribution in [1.82, 2.24) is 0 Å². The van der Waals surface area contributed by atoms with Crippen LogP contribution in [0, 0.1) is 0 Å². The lowest BCUT2D eigenvalue weighted by Gasteiger charge is -2.16. The highest BCUT2D eigenvalue weighted by atomic mass is 16.4. The van der Waals surface area contributed by atoms with Crippen LogP contribution in [0.5, 0.6) is 0 Å². The summed E-state index contributed by atoms with van der Waals surface area (Å²) < 4.78 is 0. The topological polar surface area (TPSA) is 37.3 Å². The molecule has 0 saturated heterocycles. The predicted molar refractivity (Wildman–Crippen MR) is 82.2 cm³/mol. The molecular weight excluding hydrogens is 248 g/mol. The van der Waals surface area contributed by atoms with Crippen molar-refractivity contribution in [2.24, 2.45) is 0 Å². The molecule has 1 N–H and O–H groups in total. The average Bonchev–Trinajstić information content (AvgIpc) is 2.47. The summed E-state index contributed by atoms with van der Waals surface area (Å²) in [5, 5.41) is 9.43. The summed E-state index contributed by atoms with van der Waals surface area (Å²) in [5.41, 5.74) is 4.82. The van der Waals surface area contributed by atoms with Crippen molar-refractivity contribution in [3.05, 3.63) is 59.2 Å². The van der Waals surface area contributed by atoms with Gasteiger partial charge >= 0.3 is 5.97 Å². The van der Waals surface area contributed by atoms with Crippen LogP contribution in [-0.4, -0.2) is 11.1 Å². The number of carboxylic acid groups (broad SMARTS) is 1. The van der Waals surface area contributed by atoms with Gasteiger partial charge in [0.05, 0.1) is 5.56 Å². The Kier molecular flexibility index (Phi) is 4.57. The summed E-state index contributed by atoms with van der Waals surface area (Å²) in [6.45, 7) is 4.19. The van der Waals surface area contributed by atoms with E-state index in [2.05, 4.69) is 26.0 Å². The minimum absolute atomic E-state index is 0.433. The number of hydrogen-bond acceptors (Lipinski definition) is 1. The molecule has 20 heavy (non-hydrogen) atoms. The van der Waals surface area contributed by atoms with Crippen LogP contribution < -0.4 is 0 Å². The molecule has 0 amide bonds. The monoisotopic (exact) mass is 268 g/mol. The highest BCUT2D eigenvalue weighted by Crippen LogP contribution is 2.31. The fourth-order valence-electron chi connectivity index (χ4n) is 2.67. The molecule has 0 aromatic heterocycles. The highest BCUT2D eigenvalue weighted by Gasteiger charge is 2.17. The fourth-order valence-corrected chi connectivity index (χ4v) is 2.67. The molecule has 0 spiro atoms. The Morgan fingerprint density at radius 1 is 1.05 bits per heavy atom. The molecule has 0 aliphatic rings. The van der Waals surface area contributed by atoms with Gasteiger partial charge in [0, 0.05) is 0 Å². The maximum Gasteiger partial charge on any atom is 0.335 e. The first-order valence-corrected chi connectivity index (χ1v) is 7.12. The van der Waals surface area contributed by atoms with Crippen molar-refractivity contribution >= 4 is 5.97 Å². The molecule has 0 saturated carbocycles. The number of carbonyl (C=O) groups is 1. The Labute approximate surface area is 120 Å². The van der Waals surface area contributed by atoms with E-state index in [9.17, 15) is 9.90 Å². The second-order valence-corrected chi connectivity index (χ2v) is 4.90. The van der Waals surface area contributed by atoms with Crippen LogP contribution in [-0.2, 0) is 12.8 Å². The standard InChI is InChI=1S/C18H20O2/c1-3-8-15-16(18(19)20)12-11-13(4-2)17(15)14-9-6-5-7-10-14/h5-7,9-12H,3-4,8H2,1-2H3,(H,19,20). The second-order valence-electron chi connectivity index (χ2n) is 4.90. The molecule has 0 atom stereocenters. The molecule has 104 valence electrons. The fraction of sp³-hybridized carbons (Fsp3) is 0.278. The van der Waals surface area contributed by atoms with Crippen molar-refractivity contribution in [3.8, 4) is 11.1 Å². The van der Waals surface area contributed by atoms with Gasteiger partial charge in [-0.3, -0.25) is 0 Å². The predicted octanol–water partition coefficient (Wildman–Crippen LogP) is 4.57. The van der Waals surface area contributed by atoms with E-state index < -0.39 is 5.97 Å². The van der Waals surface area contributed by atoms with Crippen LogP contribution in [0.1, 0.15) is 41.8 Å². The zero-order chi connectivity index (χ0) is 14.5. The number of rotatable bonds is 5. The van der Waals surface area contributed by atoms with Gasteiger partial charge in [0.2, 0.25) is 0 Å². The molecule has 0 fully saturated rings. The molecule has 0 radical (unpaired) electrons. The average molecular weight is 268 g/mol. The molecule has 0 heterocycles.